The molecule has 1 N–H and O–H groups in total. The predicted octanol–water partition coefficient (Wildman–Crippen LogP) is 3.69. The highest BCUT2D eigenvalue weighted by atomic mass is 19.2. The molecule has 1 aromatic carbocycles. The van der Waals surface area contributed by atoms with E-state index < -0.39 is 11.6 Å². The summed E-state index contributed by atoms with van der Waals surface area (Å²) in [6, 6.07) is 4.27. The van der Waals surface area contributed by atoms with E-state index >= 15 is 0 Å². The van der Waals surface area contributed by atoms with Crippen molar-refractivity contribution in [1.82, 2.24) is 5.32 Å². The second-order valence-electron chi connectivity index (χ2n) is 5.99. The van der Waals surface area contributed by atoms with Gasteiger partial charge >= 0.3 is 0 Å². The summed E-state index contributed by atoms with van der Waals surface area (Å²) in [6.45, 7) is 9.30. The van der Waals surface area contributed by atoms with Crippen molar-refractivity contribution in [3.05, 3.63) is 35.4 Å². The van der Waals surface area contributed by atoms with Gasteiger partial charge in [0.1, 0.15) is 0 Å². The number of nitrogens with one attached hydrogen (secondary N) is 1. The summed E-state index contributed by atoms with van der Waals surface area (Å²) in [5, 5.41) is 3.32. The van der Waals surface area contributed by atoms with Crippen molar-refractivity contribution < 1.29 is 13.5 Å². The van der Waals surface area contributed by atoms with Crippen LogP contribution >= 0.6 is 0 Å². The van der Waals surface area contributed by atoms with Crippen LogP contribution in [0.3, 0.4) is 0 Å². The van der Waals surface area contributed by atoms with Crippen molar-refractivity contribution in [2.24, 2.45) is 0 Å². The van der Waals surface area contributed by atoms with Crippen LogP contribution < -0.4 is 5.32 Å². The van der Waals surface area contributed by atoms with E-state index in [1.54, 1.807) is 6.07 Å². The highest BCUT2D eigenvalue weighted by molar-refractivity contribution is 5.20. The van der Waals surface area contributed by atoms with Crippen LogP contribution in [-0.4, -0.2) is 24.8 Å². The van der Waals surface area contributed by atoms with Gasteiger partial charge in [0.05, 0.1) is 12.2 Å². The van der Waals surface area contributed by atoms with Crippen LogP contribution in [0.25, 0.3) is 0 Å². The van der Waals surface area contributed by atoms with Gasteiger partial charge in [0, 0.05) is 6.04 Å². The van der Waals surface area contributed by atoms with Gasteiger partial charge in [-0.05, 0) is 51.8 Å². The third-order valence-corrected chi connectivity index (χ3v) is 2.90. The highest BCUT2D eigenvalue weighted by Gasteiger charge is 2.18. The maximum Gasteiger partial charge on any atom is 0.162 e. The molecule has 0 saturated carbocycles. The van der Waals surface area contributed by atoms with Gasteiger partial charge in [0.25, 0.3) is 0 Å². The summed E-state index contributed by atoms with van der Waals surface area (Å²) in [6.07, 6.45) is 1.40. The number of benzene rings is 1. The van der Waals surface area contributed by atoms with E-state index in [9.17, 15) is 8.78 Å². The van der Waals surface area contributed by atoms with Crippen LogP contribution in [0.2, 0.25) is 0 Å². The van der Waals surface area contributed by atoms with E-state index in [1.807, 2.05) is 20.8 Å². The van der Waals surface area contributed by atoms with Crippen molar-refractivity contribution in [3.63, 3.8) is 0 Å². The Hall–Kier alpha value is -1.00. The Kier molecular flexibility index (Phi) is 6.56. The molecule has 0 aliphatic carbocycles. The molecule has 1 aromatic rings. The lowest BCUT2D eigenvalue weighted by Crippen LogP contribution is -2.38. The Bertz CT molecular complexity index is 415. The lowest BCUT2D eigenvalue weighted by Gasteiger charge is -2.25. The Labute approximate surface area is 120 Å². The topological polar surface area (TPSA) is 21.3 Å². The lowest BCUT2D eigenvalue weighted by molar-refractivity contribution is -0.0144. The lowest BCUT2D eigenvalue weighted by atomic mass is 10.0. The molecule has 0 aromatic heterocycles. The Morgan fingerprint density at radius 1 is 1.25 bits per heavy atom. The van der Waals surface area contributed by atoms with Crippen LogP contribution in [0.5, 0.6) is 0 Å². The first kappa shape index (κ1) is 17.1. The molecule has 0 fully saturated rings. The van der Waals surface area contributed by atoms with Gasteiger partial charge < -0.3 is 10.1 Å². The number of hydrogen-bond donors (Lipinski definition) is 1. The Balaban J connectivity index is 2.70. The van der Waals surface area contributed by atoms with Crippen molar-refractivity contribution in [3.8, 4) is 0 Å². The normalized spacial score (nSPS) is 13.5. The standard InChI is InChI=1S/C16H25F2NO/c1-5-9-19-13(11-20-16(2,3)4)10-12-7-6-8-14(17)15(12)18/h6-8,13,19H,5,9-11H2,1-4H3. The second-order valence-corrected chi connectivity index (χ2v) is 5.99. The van der Waals surface area contributed by atoms with Gasteiger partial charge in [-0.2, -0.15) is 0 Å². The van der Waals surface area contributed by atoms with Gasteiger partial charge in [-0.25, -0.2) is 8.78 Å². The molecular formula is C16H25F2NO. The molecule has 20 heavy (non-hydrogen) atoms. The zero-order valence-corrected chi connectivity index (χ0v) is 12.8. The first-order valence-corrected chi connectivity index (χ1v) is 7.13. The molecule has 4 heteroatoms. The van der Waals surface area contributed by atoms with E-state index in [1.165, 1.54) is 6.07 Å². The van der Waals surface area contributed by atoms with Gasteiger partial charge in [-0.3, -0.25) is 0 Å². The summed E-state index contributed by atoms with van der Waals surface area (Å²) >= 11 is 0. The highest BCUT2D eigenvalue weighted by Crippen LogP contribution is 2.15. The molecule has 0 aliphatic rings. The zero-order valence-electron chi connectivity index (χ0n) is 12.8. The molecular weight excluding hydrogens is 260 g/mol. The summed E-state index contributed by atoms with van der Waals surface area (Å²) in [5.74, 6) is -1.56. The average Bonchev–Trinajstić information content (AvgIpc) is 2.37. The molecule has 1 atom stereocenters. The Morgan fingerprint density at radius 3 is 2.55 bits per heavy atom. The monoisotopic (exact) mass is 285 g/mol. The Morgan fingerprint density at radius 2 is 1.95 bits per heavy atom. The van der Waals surface area contributed by atoms with E-state index in [2.05, 4.69) is 12.2 Å². The minimum Gasteiger partial charge on any atom is -0.374 e. The van der Waals surface area contributed by atoms with Crippen LogP contribution in [0.1, 0.15) is 39.7 Å². The maximum absolute atomic E-state index is 13.7. The van der Waals surface area contributed by atoms with Gasteiger partial charge in [0.15, 0.2) is 11.6 Å². The summed E-state index contributed by atoms with van der Waals surface area (Å²) in [7, 11) is 0. The van der Waals surface area contributed by atoms with Gasteiger partial charge in [0.2, 0.25) is 0 Å². The van der Waals surface area contributed by atoms with E-state index in [0.29, 0.717) is 18.6 Å². The number of halogens is 2. The van der Waals surface area contributed by atoms with Crippen LogP contribution in [-0.2, 0) is 11.2 Å². The summed E-state index contributed by atoms with van der Waals surface area (Å²) in [4.78, 5) is 0. The fourth-order valence-corrected chi connectivity index (χ4v) is 1.86. The fourth-order valence-electron chi connectivity index (χ4n) is 1.86. The van der Waals surface area contributed by atoms with Gasteiger partial charge in [-0.15, -0.1) is 0 Å². The molecule has 0 amide bonds. The first-order valence-electron chi connectivity index (χ1n) is 7.13. The molecule has 0 bridgehead atoms. The van der Waals surface area contributed by atoms with Gasteiger partial charge in [-0.1, -0.05) is 19.1 Å². The second kappa shape index (κ2) is 7.70. The van der Waals surface area contributed by atoms with Crippen LogP contribution in [0.15, 0.2) is 18.2 Å². The third kappa shape index (κ3) is 5.97. The first-order chi connectivity index (χ1) is 9.33. The number of hydrogen-bond acceptors (Lipinski definition) is 2. The minimum atomic E-state index is -0.798. The van der Waals surface area contributed by atoms with Crippen molar-refractivity contribution in [2.75, 3.05) is 13.2 Å². The number of rotatable bonds is 7. The van der Waals surface area contributed by atoms with Crippen LogP contribution in [0, 0.1) is 11.6 Å². The molecule has 0 saturated heterocycles. The molecule has 2 nitrogen and oxygen atoms in total. The maximum atomic E-state index is 13.7. The van der Waals surface area contributed by atoms with Crippen molar-refractivity contribution >= 4 is 0 Å². The molecule has 114 valence electrons. The number of ether oxygens (including phenoxy) is 1. The minimum absolute atomic E-state index is 0.0227. The fraction of sp³-hybridized carbons (Fsp3) is 0.625. The molecule has 1 rings (SSSR count). The van der Waals surface area contributed by atoms with E-state index in [4.69, 9.17) is 4.74 Å². The van der Waals surface area contributed by atoms with Crippen molar-refractivity contribution in [1.29, 1.82) is 0 Å². The van der Waals surface area contributed by atoms with Crippen LogP contribution in [0.4, 0.5) is 8.78 Å². The molecule has 0 spiro atoms. The molecule has 1 unspecified atom stereocenters. The molecule has 0 heterocycles. The van der Waals surface area contributed by atoms with E-state index in [-0.39, 0.29) is 11.6 Å². The van der Waals surface area contributed by atoms with Crippen molar-refractivity contribution in [2.45, 2.75) is 52.2 Å². The summed E-state index contributed by atoms with van der Waals surface area (Å²) < 4.78 is 32.7. The SMILES string of the molecule is CCCNC(COC(C)(C)C)Cc1cccc(F)c1F. The van der Waals surface area contributed by atoms with E-state index in [0.717, 1.165) is 19.0 Å². The third-order valence-electron chi connectivity index (χ3n) is 2.90. The zero-order chi connectivity index (χ0) is 15.2. The molecule has 0 radical (unpaired) electrons. The smallest absolute Gasteiger partial charge is 0.162 e. The quantitative estimate of drug-likeness (QED) is 0.825. The predicted molar refractivity (Wildman–Crippen MR) is 77.8 cm³/mol. The average molecular weight is 285 g/mol. The molecule has 0 aliphatic heterocycles. The largest absolute Gasteiger partial charge is 0.374 e. The summed E-state index contributed by atoms with van der Waals surface area (Å²) in [5.41, 5.74) is 0.142.